The van der Waals surface area contributed by atoms with Gasteiger partial charge in [0, 0.05) is 6.42 Å². The van der Waals surface area contributed by atoms with Gasteiger partial charge in [-0.1, -0.05) is 0 Å². The molecule has 17 heavy (non-hydrogen) atoms. The molecular formula is C10H19N3O4. The van der Waals surface area contributed by atoms with Crippen LogP contribution in [-0.4, -0.2) is 35.5 Å². The van der Waals surface area contributed by atoms with Crippen LogP contribution in [0.4, 0.5) is 0 Å². The molecule has 6 N–H and O–H groups in total. The lowest BCUT2D eigenvalue weighted by atomic mass is 10.1. The summed E-state index contributed by atoms with van der Waals surface area (Å²) in [5.74, 6) is -2.16. The van der Waals surface area contributed by atoms with Crippen molar-refractivity contribution in [3.05, 3.63) is 0 Å². The molecule has 0 aliphatic heterocycles. The number of unbranched alkanes of at least 4 members (excludes halogenated alkanes) is 1. The van der Waals surface area contributed by atoms with Crippen LogP contribution in [0.3, 0.4) is 0 Å². The molecule has 0 aromatic rings. The maximum absolute atomic E-state index is 11.3. The first-order chi connectivity index (χ1) is 7.97. The molecule has 0 radical (unpaired) electrons. The van der Waals surface area contributed by atoms with Gasteiger partial charge in [0.15, 0.2) is 0 Å². The molecule has 0 saturated heterocycles. The zero-order valence-electron chi connectivity index (χ0n) is 9.65. The van der Waals surface area contributed by atoms with Crippen molar-refractivity contribution in [2.45, 2.75) is 38.1 Å². The monoisotopic (exact) mass is 245 g/mol. The smallest absolute Gasteiger partial charge is 0.303 e. The topological polar surface area (TPSA) is 136 Å². The fourth-order valence-electron chi connectivity index (χ4n) is 1.27. The number of nitrogens with one attached hydrogen (secondary N) is 1. The molecule has 0 saturated carbocycles. The third-order valence-corrected chi connectivity index (χ3v) is 2.19. The third kappa shape index (κ3) is 8.21. The summed E-state index contributed by atoms with van der Waals surface area (Å²) in [7, 11) is 0. The number of nitrogens with two attached hydrogens (primary N) is 2. The second-order valence-electron chi connectivity index (χ2n) is 3.70. The standard InChI is InChI=1S/C10H19N3O4/c11-6-2-1-3-7(10(12)17)13-8(14)4-5-9(15)16/h7H,1-6,11H2,(H2,12,17)(H,13,14)(H,15,16)/t7-/m0/s1. The van der Waals surface area contributed by atoms with Gasteiger partial charge in [0.1, 0.15) is 6.04 Å². The molecule has 0 unspecified atom stereocenters. The molecule has 0 fully saturated rings. The van der Waals surface area contributed by atoms with Crippen molar-refractivity contribution in [1.82, 2.24) is 5.32 Å². The van der Waals surface area contributed by atoms with E-state index in [9.17, 15) is 14.4 Å². The fourth-order valence-corrected chi connectivity index (χ4v) is 1.27. The Balaban J connectivity index is 4.02. The summed E-state index contributed by atoms with van der Waals surface area (Å²) in [6.45, 7) is 0.512. The van der Waals surface area contributed by atoms with Crippen molar-refractivity contribution < 1.29 is 19.5 Å². The number of carboxylic acids is 1. The van der Waals surface area contributed by atoms with Crippen LogP contribution >= 0.6 is 0 Å². The van der Waals surface area contributed by atoms with Gasteiger partial charge in [-0.2, -0.15) is 0 Å². The van der Waals surface area contributed by atoms with E-state index in [4.69, 9.17) is 16.6 Å². The van der Waals surface area contributed by atoms with Gasteiger partial charge in [-0.25, -0.2) is 0 Å². The summed E-state index contributed by atoms with van der Waals surface area (Å²) in [6, 6.07) is -0.747. The predicted molar refractivity (Wildman–Crippen MR) is 60.9 cm³/mol. The molecule has 0 heterocycles. The molecule has 0 bridgehead atoms. The Morgan fingerprint density at radius 3 is 2.29 bits per heavy atom. The number of carboxylic acid groups (broad SMARTS) is 1. The van der Waals surface area contributed by atoms with Crippen molar-refractivity contribution in [2.75, 3.05) is 6.54 Å². The van der Waals surface area contributed by atoms with Crippen molar-refractivity contribution in [2.24, 2.45) is 11.5 Å². The zero-order chi connectivity index (χ0) is 13.3. The Hall–Kier alpha value is -1.63. The zero-order valence-corrected chi connectivity index (χ0v) is 9.65. The summed E-state index contributed by atoms with van der Waals surface area (Å²) in [5, 5.41) is 10.8. The molecule has 7 nitrogen and oxygen atoms in total. The molecule has 0 aromatic heterocycles. The third-order valence-electron chi connectivity index (χ3n) is 2.19. The van der Waals surface area contributed by atoms with Gasteiger partial charge in [0.2, 0.25) is 11.8 Å². The average molecular weight is 245 g/mol. The van der Waals surface area contributed by atoms with Crippen LogP contribution < -0.4 is 16.8 Å². The van der Waals surface area contributed by atoms with Crippen LogP contribution in [0.15, 0.2) is 0 Å². The van der Waals surface area contributed by atoms with E-state index in [-0.39, 0.29) is 12.8 Å². The van der Waals surface area contributed by atoms with E-state index in [0.29, 0.717) is 19.4 Å². The Labute approximate surface area is 99.5 Å². The quantitative estimate of drug-likeness (QED) is 0.384. The lowest BCUT2D eigenvalue weighted by Crippen LogP contribution is -2.44. The van der Waals surface area contributed by atoms with E-state index in [0.717, 1.165) is 6.42 Å². The van der Waals surface area contributed by atoms with Gasteiger partial charge in [-0.15, -0.1) is 0 Å². The SMILES string of the molecule is NCCCC[C@H](NC(=O)CCC(=O)O)C(N)=O. The predicted octanol–water partition coefficient (Wildman–Crippen LogP) is -1.05. The first-order valence-corrected chi connectivity index (χ1v) is 5.48. The van der Waals surface area contributed by atoms with Gasteiger partial charge >= 0.3 is 5.97 Å². The Morgan fingerprint density at radius 2 is 1.82 bits per heavy atom. The fraction of sp³-hybridized carbons (Fsp3) is 0.700. The molecule has 0 spiro atoms. The van der Waals surface area contributed by atoms with Crippen LogP contribution in [0, 0.1) is 0 Å². The number of aliphatic carboxylic acids is 1. The lowest BCUT2D eigenvalue weighted by molar-refractivity contribution is -0.139. The molecule has 0 aliphatic rings. The number of carbonyl (C=O) groups is 3. The highest BCUT2D eigenvalue weighted by atomic mass is 16.4. The number of hydrogen-bond acceptors (Lipinski definition) is 4. The number of hydrogen-bond donors (Lipinski definition) is 4. The summed E-state index contributed by atoms with van der Waals surface area (Å²) >= 11 is 0. The summed E-state index contributed by atoms with van der Waals surface area (Å²) in [5.41, 5.74) is 10.4. The van der Waals surface area contributed by atoms with Gasteiger partial charge in [0.25, 0.3) is 0 Å². The highest BCUT2D eigenvalue weighted by molar-refractivity contribution is 5.87. The lowest BCUT2D eigenvalue weighted by Gasteiger charge is -2.14. The number of rotatable bonds is 9. The number of primary amides is 1. The number of carbonyl (C=O) groups excluding carboxylic acids is 2. The van der Waals surface area contributed by atoms with Gasteiger partial charge in [-0.3, -0.25) is 14.4 Å². The molecule has 7 heteroatoms. The molecular weight excluding hydrogens is 226 g/mol. The van der Waals surface area contributed by atoms with Crippen LogP contribution in [0.5, 0.6) is 0 Å². The number of amides is 2. The van der Waals surface area contributed by atoms with Crippen molar-refractivity contribution in [3.63, 3.8) is 0 Å². The maximum atomic E-state index is 11.3. The van der Waals surface area contributed by atoms with Crippen LogP contribution in [0.2, 0.25) is 0 Å². The van der Waals surface area contributed by atoms with E-state index in [2.05, 4.69) is 5.32 Å². The van der Waals surface area contributed by atoms with E-state index in [1.807, 2.05) is 0 Å². The minimum absolute atomic E-state index is 0.157. The first-order valence-electron chi connectivity index (χ1n) is 5.48. The second kappa shape index (κ2) is 8.51. The van der Waals surface area contributed by atoms with Gasteiger partial charge in [0.05, 0.1) is 6.42 Å². The molecule has 0 aliphatic carbocycles. The molecule has 2 amide bonds. The Morgan fingerprint density at radius 1 is 1.18 bits per heavy atom. The summed E-state index contributed by atoms with van der Waals surface area (Å²) in [4.78, 5) is 32.6. The van der Waals surface area contributed by atoms with Crippen molar-refractivity contribution in [1.29, 1.82) is 0 Å². The van der Waals surface area contributed by atoms with E-state index >= 15 is 0 Å². The molecule has 98 valence electrons. The van der Waals surface area contributed by atoms with Crippen LogP contribution in [0.25, 0.3) is 0 Å². The largest absolute Gasteiger partial charge is 0.481 e. The van der Waals surface area contributed by atoms with E-state index < -0.39 is 23.8 Å². The first kappa shape index (κ1) is 15.4. The second-order valence-corrected chi connectivity index (χ2v) is 3.70. The minimum Gasteiger partial charge on any atom is -0.481 e. The van der Waals surface area contributed by atoms with E-state index in [1.54, 1.807) is 0 Å². The highest BCUT2D eigenvalue weighted by Crippen LogP contribution is 2.01. The van der Waals surface area contributed by atoms with Gasteiger partial charge < -0.3 is 21.9 Å². The maximum Gasteiger partial charge on any atom is 0.303 e. The molecule has 1 atom stereocenters. The summed E-state index contributed by atoms with van der Waals surface area (Å²) in [6.07, 6.45) is 1.43. The van der Waals surface area contributed by atoms with Crippen LogP contribution in [0.1, 0.15) is 32.1 Å². The summed E-state index contributed by atoms with van der Waals surface area (Å²) < 4.78 is 0. The van der Waals surface area contributed by atoms with Crippen LogP contribution in [-0.2, 0) is 14.4 Å². The Kier molecular flexibility index (Phi) is 7.70. The Bertz CT molecular complexity index is 281. The highest BCUT2D eigenvalue weighted by Gasteiger charge is 2.17. The van der Waals surface area contributed by atoms with E-state index in [1.165, 1.54) is 0 Å². The normalized spacial score (nSPS) is 11.8. The minimum atomic E-state index is -1.06. The van der Waals surface area contributed by atoms with Crippen molar-refractivity contribution in [3.8, 4) is 0 Å². The molecule has 0 rings (SSSR count). The van der Waals surface area contributed by atoms with Gasteiger partial charge in [-0.05, 0) is 25.8 Å². The van der Waals surface area contributed by atoms with Crippen molar-refractivity contribution >= 4 is 17.8 Å². The molecule has 0 aromatic carbocycles. The average Bonchev–Trinajstić information content (AvgIpc) is 2.25.